The Balaban J connectivity index is 2.26. The lowest BCUT2D eigenvalue weighted by atomic mass is 10.3. The van der Waals surface area contributed by atoms with E-state index in [0.717, 1.165) is 0 Å². The van der Waals surface area contributed by atoms with E-state index in [1.165, 1.54) is 12.1 Å². The van der Waals surface area contributed by atoms with Gasteiger partial charge in [0.2, 0.25) is 0 Å². The molecule has 0 bridgehead atoms. The van der Waals surface area contributed by atoms with E-state index in [1.54, 1.807) is 37.4 Å². The second kappa shape index (κ2) is 6.21. The molecule has 0 amide bonds. The van der Waals surface area contributed by atoms with E-state index in [-0.39, 0.29) is 10.7 Å². The number of pyridine rings is 1. The summed E-state index contributed by atoms with van der Waals surface area (Å²) in [5, 5.41) is 0.356. The van der Waals surface area contributed by atoms with Gasteiger partial charge in [-0.05, 0) is 30.3 Å². The number of aromatic nitrogens is 1. The average molecular weight is 313 g/mol. The third-order valence-corrected chi connectivity index (χ3v) is 4.03. The van der Waals surface area contributed by atoms with Gasteiger partial charge in [0.05, 0.1) is 17.2 Å². The van der Waals surface area contributed by atoms with Gasteiger partial charge in [-0.3, -0.25) is 4.72 Å². The first kappa shape index (κ1) is 14.8. The van der Waals surface area contributed by atoms with Gasteiger partial charge in [-0.1, -0.05) is 23.7 Å². The molecule has 1 N–H and O–H groups in total. The summed E-state index contributed by atoms with van der Waals surface area (Å²) < 4.78 is 31.7. The molecule has 0 radical (unpaired) electrons. The number of ether oxygens (including phenoxy) is 1. The van der Waals surface area contributed by atoms with Crippen LogP contribution >= 0.6 is 11.6 Å². The molecule has 1 aromatic carbocycles. The van der Waals surface area contributed by atoms with Crippen LogP contribution in [-0.2, 0) is 21.4 Å². The van der Waals surface area contributed by atoms with Crippen LogP contribution in [0.4, 0.5) is 5.82 Å². The van der Waals surface area contributed by atoms with Crippen molar-refractivity contribution >= 4 is 27.4 Å². The number of benzene rings is 1. The van der Waals surface area contributed by atoms with E-state index < -0.39 is 10.0 Å². The van der Waals surface area contributed by atoms with E-state index in [4.69, 9.17) is 16.3 Å². The Morgan fingerprint density at radius 1 is 1.25 bits per heavy atom. The highest BCUT2D eigenvalue weighted by Crippen LogP contribution is 2.18. The molecular formula is C13H13ClN2O3S. The Morgan fingerprint density at radius 2 is 2.00 bits per heavy atom. The van der Waals surface area contributed by atoms with Gasteiger partial charge in [0.25, 0.3) is 10.0 Å². The van der Waals surface area contributed by atoms with E-state index >= 15 is 0 Å². The summed E-state index contributed by atoms with van der Waals surface area (Å²) in [5.41, 5.74) is 0.638. The number of hydrogen-bond donors (Lipinski definition) is 1. The van der Waals surface area contributed by atoms with Gasteiger partial charge in [0, 0.05) is 12.1 Å². The van der Waals surface area contributed by atoms with Crippen LogP contribution < -0.4 is 4.72 Å². The number of hydrogen-bond acceptors (Lipinski definition) is 4. The van der Waals surface area contributed by atoms with Crippen molar-refractivity contribution in [2.75, 3.05) is 11.8 Å². The van der Waals surface area contributed by atoms with Crippen molar-refractivity contribution in [2.24, 2.45) is 0 Å². The third-order valence-electron chi connectivity index (χ3n) is 2.44. The van der Waals surface area contributed by atoms with Gasteiger partial charge in [0.1, 0.15) is 5.82 Å². The maximum Gasteiger partial charge on any atom is 0.263 e. The zero-order valence-corrected chi connectivity index (χ0v) is 12.3. The molecule has 0 aliphatic rings. The van der Waals surface area contributed by atoms with Crippen LogP contribution in [0.25, 0.3) is 0 Å². The maximum atomic E-state index is 12.2. The molecule has 0 fully saturated rings. The zero-order valence-electron chi connectivity index (χ0n) is 10.7. The first-order chi connectivity index (χ1) is 9.51. The van der Waals surface area contributed by atoms with Crippen molar-refractivity contribution < 1.29 is 13.2 Å². The summed E-state index contributed by atoms with van der Waals surface area (Å²) in [6, 6.07) is 11.1. The summed E-state index contributed by atoms with van der Waals surface area (Å²) in [6.45, 7) is 0.312. The molecule has 2 aromatic rings. The van der Waals surface area contributed by atoms with Crippen molar-refractivity contribution in [1.82, 2.24) is 4.98 Å². The summed E-state index contributed by atoms with van der Waals surface area (Å²) in [5.74, 6) is 0.236. The van der Waals surface area contributed by atoms with Crippen LogP contribution in [0.5, 0.6) is 0 Å². The van der Waals surface area contributed by atoms with E-state index in [0.29, 0.717) is 17.3 Å². The predicted molar refractivity (Wildman–Crippen MR) is 77.2 cm³/mol. The number of halogens is 1. The van der Waals surface area contributed by atoms with Gasteiger partial charge < -0.3 is 4.74 Å². The number of rotatable bonds is 5. The van der Waals surface area contributed by atoms with Gasteiger partial charge in [0.15, 0.2) is 0 Å². The van der Waals surface area contributed by atoms with E-state index in [2.05, 4.69) is 9.71 Å². The predicted octanol–water partition coefficient (Wildman–Crippen LogP) is 2.68. The molecule has 0 aliphatic heterocycles. The van der Waals surface area contributed by atoms with Crippen LogP contribution in [0.1, 0.15) is 5.69 Å². The normalized spacial score (nSPS) is 11.3. The minimum Gasteiger partial charge on any atom is -0.378 e. The molecular weight excluding hydrogens is 300 g/mol. The van der Waals surface area contributed by atoms with Crippen molar-refractivity contribution in [3.8, 4) is 0 Å². The lowest BCUT2D eigenvalue weighted by Crippen LogP contribution is -2.14. The molecule has 0 spiro atoms. The maximum absolute atomic E-state index is 12.2. The van der Waals surface area contributed by atoms with Crippen LogP contribution in [0.15, 0.2) is 47.4 Å². The number of nitrogens with zero attached hydrogens (tertiary/aromatic N) is 1. The highest BCUT2D eigenvalue weighted by atomic mass is 35.5. The summed E-state index contributed by atoms with van der Waals surface area (Å²) in [4.78, 5) is 4.23. The number of methoxy groups -OCH3 is 1. The molecule has 7 heteroatoms. The first-order valence-corrected chi connectivity index (χ1v) is 7.60. The average Bonchev–Trinajstić information content (AvgIpc) is 2.39. The second-order valence-corrected chi connectivity index (χ2v) is 6.13. The SMILES string of the molecule is COCc1cccc(NS(=O)(=O)c2cccc(Cl)c2)n1. The van der Waals surface area contributed by atoms with Gasteiger partial charge in [-0.25, -0.2) is 13.4 Å². The van der Waals surface area contributed by atoms with Gasteiger partial charge in [-0.15, -0.1) is 0 Å². The molecule has 0 atom stereocenters. The standard InChI is InChI=1S/C13H13ClN2O3S/c1-19-9-11-5-3-7-13(15-11)16-20(17,18)12-6-2-4-10(14)8-12/h2-8H,9H2,1H3,(H,15,16). The highest BCUT2D eigenvalue weighted by Gasteiger charge is 2.15. The second-order valence-electron chi connectivity index (χ2n) is 4.01. The fourth-order valence-electron chi connectivity index (χ4n) is 1.60. The van der Waals surface area contributed by atoms with Gasteiger partial charge in [-0.2, -0.15) is 0 Å². The minimum absolute atomic E-state index is 0.0870. The molecule has 0 saturated heterocycles. The molecule has 1 aromatic heterocycles. The fourth-order valence-corrected chi connectivity index (χ4v) is 2.90. The first-order valence-electron chi connectivity index (χ1n) is 5.74. The number of nitrogens with one attached hydrogen (secondary N) is 1. The van der Waals surface area contributed by atoms with Gasteiger partial charge >= 0.3 is 0 Å². The Bertz CT molecular complexity index is 704. The Morgan fingerprint density at radius 3 is 2.70 bits per heavy atom. The van der Waals surface area contributed by atoms with Crippen molar-refractivity contribution in [3.05, 3.63) is 53.2 Å². The molecule has 2 rings (SSSR count). The van der Waals surface area contributed by atoms with Crippen LogP contribution in [0.3, 0.4) is 0 Å². The highest BCUT2D eigenvalue weighted by molar-refractivity contribution is 7.92. The number of sulfonamides is 1. The molecule has 1 heterocycles. The Kier molecular flexibility index (Phi) is 4.59. The topological polar surface area (TPSA) is 68.3 Å². The van der Waals surface area contributed by atoms with E-state index in [9.17, 15) is 8.42 Å². The quantitative estimate of drug-likeness (QED) is 0.921. The molecule has 0 saturated carbocycles. The van der Waals surface area contributed by atoms with Crippen LogP contribution in [0, 0.1) is 0 Å². The monoisotopic (exact) mass is 312 g/mol. The van der Waals surface area contributed by atoms with Crippen molar-refractivity contribution in [3.63, 3.8) is 0 Å². The summed E-state index contributed by atoms with van der Waals surface area (Å²) in [6.07, 6.45) is 0. The minimum atomic E-state index is -3.71. The molecule has 106 valence electrons. The molecule has 20 heavy (non-hydrogen) atoms. The Labute approximate surface area is 122 Å². The van der Waals surface area contributed by atoms with Crippen molar-refractivity contribution in [1.29, 1.82) is 0 Å². The molecule has 0 aliphatic carbocycles. The smallest absolute Gasteiger partial charge is 0.263 e. The lowest BCUT2D eigenvalue weighted by molar-refractivity contribution is 0.181. The fraction of sp³-hybridized carbons (Fsp3) is 0.154. The molecule has 0 unspecified atom stereocenters. The largest absolute Gasteiger partial charge is 0.378 e. The summed E-state index contributed by atoms with van der Waals surface area (Å²) in [7, 11) is -2.16. The van der Waals surface area contributed by atoms with Crippen LogP contribution in [0.2, 0.25) is 5.02 Å². The van der Waals surface area contributed by atoms with Crippen LogP contribution in [-0.4, -0.2) is 20.5 Å². The number of anilines is 1. The zero-order chi connectivity index (χ0) is 14.6. The summed E-state index contributed by atoms with van der Waals surface area (Å²) >= 11 is 5.80. The molecule has 5 nitrogen and oxygen atoms in total. The van der Waals surface area contributed by atoms with Crippen molar-refractivity contribution in [2.45, 2.75) is 11.5 Å². The third kappa shape index (κ3) is 3.69. The van der Waals surface area contributed by atoms with E-state index in [1.807, 2.05) is 0 Å². The Hall–Kier alpha value is -1.63. The lowest BCUT2D eigenvalue weighted by Gasteiger charge is -2.08.